The van der Waals surface area contributed by atoms with E-state index in [-0.39, 0.29) is 5.91 Å². The molecule has 0 atom stereocenters. The number of hydrogen-bond donors (Lipinski definition) is 1. The van der Waals surface area contributed by atoms with Gasteiger partial charge in [0.1, 0.15) is 0 Å². The Morgan fingerprint density at radius 3 is 2.79 bits per heavy atom. The number of halogens is 1. The van der Waals surface area contributed by atoms with E-state index in [9.17, 15) is 4.79 Å². The molecule has 0 saturated carbocycles. The molecule has 0 bridgehead atoms. The average Bonchev–Trinajstić information content (AvgIpc) is 3.11. The molecule has 2 aromatic carbocycles. The van der Waals surface area contributed by atoms with Crippen LogP contribution in [0, 0.1) is 6.92 Å². The first-order valence-electron chi connectivity index (χ1n) is 9.47. The van der Waals surface area contributed by atoms with Crippen molar-refractivity contribution in [1.29, 1.82) is 0 Å². The fourth-order valence-corrected chi connectivity index (χ4v) is 4.97. The van der Waals surface area contributed by atoms with Crippen LogP contribution >= 0.6 is 27.3 Å². The summed E-state index contributed by atoms with van der Waals surface area (Å²) in [5, 5.41) is 4.13. The molecule has 1 aliphatic rings. The molecule has 0 aliphatic carbocycles. The van der Waals surface area contributed by atoms with E-state index in [4.69, 9.17) is 4.98 Å². The molecular weight excluding hydrogens is 436 g/mol. The van der Waals surface area contributed by atoms with E-state index in [1.54, 1.807) is 11.3 Å². The van der Waals surface area contributed by atoms with Gasteiger partial charge < -0.3 is 10.2 Å². The predicted molar refractivity (Wildman–Crippen MR) is 119 cm³/mol. The molecule has 1 fully saturated rings. The van der Waals surface area contributed by atoms with Crippen molar-refractivity contribution in [2.24, 2.45) is 0 Å². The van der Waals surface area contributed by atoms with Crippen molar-refractivity contribution in [1.82, 2.24) is 15.2 Å². The largest absolute Gasteiger partial charge is 0.351 e. The Morgan fingerprint density at radius 2 is 2.00 bits per heavy atom. The van der Waals surface area contributed by atoms with E-state index in [0.29, 0.717) is 6.54 Å². The Balaban J connectivity index is 1.25. The smallest absolute Gasteiger partial charge is 0.251 e. The maximum Gasteiger partial charge on any atom is 0.251 e. The molecule has 1 aliphatic heterocycles. The van der Waals surface area contributed by atoms with E-state index >= 15 is 0 Å². The summed E-state index contributed by atoms with van der Waals surface area (Å²) in [6.07, 6.45) is 0. The Bertz CT molecular complexity index is 981. The number of thiazole rings is 1. The van der Waals surface area contributed by atoms with Gasteiger partial charge >= 0.3 is 0 Å². The number of carbonyl (C=O) groups is 1. The number of nitrogens with zero attached hydrogens (tertiary/aromatic N) is 3. The van der Waals surface area contributed by atoms with Crippen molar-refractivity contribution in [3.8, 4) is 0 Å². The van der Waals surface area contributed by atoms with Crippen molar-refractivity contribution < 1.29 is 4.79 Å². The lowest BCUT2D eigenvalue weighted by atomic mass is 10.1. The highest BCUT2D eigenvalue weighted by atomic mass is 79.9. The minimum atomic E-state index is 0.00275. The van der Waals surface area contributed by atoms with Crippen molar-refractivity contribution in [2.75, 3.05) is 44.2 Å². The number of fused-ring (bicyclic) bond motifs is 1. The molecule has 2 heterocycles. The van der Waals surface area contributed by atoms with Gasteiger partial charge in [-0.1, -0.05) is 45.0 Å². The van der Waals surface area contributed by atoms with Gasteiger partial charge in [-0.3, -0.25) is 9.69 Å². The third kappa shape index (κ3) is 4.54. The van der Waals surface area contributed by atoms with Crippen molar-refractivity contribution >= 4 is 48.5 Å². The normalized spacial score (nSPS) is 15.1. The zero-order valence-electron chi connectivity index (χ0n) is 15.8. The molecule has 5 nitrogen and oxygen atoms in total. The standard InChI is InChI=1S/C21H23BrN4OS/c1-15-3-2-4-16(13-15)20(27)23-7-8-25-9-11-26(12-10-25)21-24-18-6-5-17(22)14-19(18)28-21/h2-6,13-14H,7-12H2,1H3,(H,23,27). The van der Waals surface area contributed by atoms with Crippen LogP contribution < -0.4 is 10.2 Å². The van der Waals surface area contributed by atoms with Crippen molar-refractivity contribution in [2.45, 2.75) is 6.92 Å². The summed E-state index contributed by atoms with van der Waals surface area (Å²) in [4.78, 5) is 21.8. The van der Waals surface area contributed by atoms with E-state index in [1.807, 2.05) is 37.3 Å². The lowest BCUT2D eigenvalue weighted by molar-refractivity contribution is 0.0947. The van der Waals surface area contributed by atoms with Crippen LogP contribution in [0.1, 0.15) is 15.9 Å². The van der Waals surface area contributed by atoms with Crippen LogP contribution in [-0.4, -0.2) is 55.1 Å². The summed E-state index contributed by atoms with van der Waals surface area (Å²) < 4.78 is 2.30. The second kappa shape index (κ2) is 8.59. The Hall–Kier alpha value is -1.96. The van der Waals surface area contributed by atoms with E-state index in [1.165, 1.54) is 4.70 Å². The summed E-state index contributed by atoms with van der Waals surface area (Å²) in [6.45, 7) is 7.44. The first-order valence-corrected chi connectivity index (χ1v) is 11.1. The van der Waals surface area contributed by atoms with Gasteiger partial charge in [0.15, 0.2) is 5.13 Å². The van der Waals surface area contributed by atoms with Gasteiger partial charge in [-0.15, -0.1) is 0 Å². The molecule has 3 aromatic rings. The summed E-state index contributed by atoms with van der Waals surface area (Å²) >= 11 is 5.28. The predicted octanol–water partition coefficient (Wildman–Crippen LogP) is 3.92. The molecule has 1 aromatic heterocycles. The van der Waals surface area contributed by atoms with Crippen molar-refractivity contribution in [3.05, 3.63) is 58.1 Å². The quantitative estimate of drug-likeness (QED) is 0.629. The number of hydrogen-bond acceptors (Lipinski definition) is 5. The third-order valence-electron chi connectivity index (χ3n) is 4.98. The molecule has 0 spiro atoms. The number of nitrogens with one attached hydrogen (secondary N) is 1. The summed E-state index contributed by atoms with van der Waals surface area (Å²) in [5.74, 6) is 0.00275. The highest BCUT2D eigenvalue weighted by Crippen LogP contribution is 2.31. The van der Waals surface area contributed by atoms with Crippen LogP contribution in [0.2, 0.25) is 0 Å². The molecule has 0 unspecified atom stereocenters. The minimum Gasteiger partial charge on any atom is -0.351 e. The molecule has 1 amide bonds. The topological polar surface area (TPSA) is 48.5 Å². The van der Waals surface area contributed by atoms with Crippen LogP contribution in [0.5, 0.6) is 0 Å². The molecule has 7 heteroatoms. The maximum absolute atomic E-state index is 12.2. The third-order valence-corrected chi connectivity index (χ3v) is 6.55. The Kier molecular flexibility index (Phi) is 5.94. The molecule has 146 valence electrons. The number of benzene rings is 2. The average molecular weight is 459 g/mol. The minimum absolute atomic E-state index is 0.00275. The molecule has 1 N–H and O–H groups in total. The maximum atomic E-state index is 12.2. The highest BCUT2D eigenvalue weighted by molar-refractivity contribution is 9.10. The molecule has 1 saturated heterocycles. The van der Waals surface area contributed by atoms with Crippen LogP contribution in [0.15, 0.2) is 46.9 Å². The van der Waals surface area contributed by atoms with E-state index < -0.39 is 0 Å². The van der Waals surface area contributed by atoms with Gasteiger partial charge in [-0.25, -0.2) is 4.98 Å². The number of anilines is 1. The number of amides is 1. The lowest BCUT2D eigenvalue weighted by Crippen LogP contribution is -2.48. The highest BCUT2D eigenvalue weighted by Gasteiger charge is 2.20. The summed E-state index contributed by atoms with van der Waals surface area (Å²) in [5.41, 5.74) is 2.89. The van der Waals surface area contributed by atoms with Gasteiger partial charge in [0.2, 0.25) is 0 Å². The lowest BCUT2D eigenvalue weighted by Gasteiger charge is -2.34. The SMILES string of the molecule is Cc1cccc(C(=O)NCCN2CCN(c3nc4ccc(Br)cc4s3)CC2)c1. The number of aromatic nitrogens is 1. The number of carbonyl (C=O) groups excluding carboxylic acids is 1. The fourth-order valence-electron chi connectivity index (χ4n) is 3.40. The second-order valence-electron chi connectivity index (χ2n) is 7.06. The Morgan fingerprint density at radius 1 is 1.18 bits per heavy atom. The molecule has 4 rings (SSSR count). The zero-order chi connectivity index (χ0) is 19.5. The molecule has 0 radical (unpaired) electrons. The van der Waals surface area contributed by atoms with Crippen molar-refractivity contribution in [3.63, 3.8) is 0 Å². The van der Waals surface area contributed by atoms with E-state index in [2.05, 4.69) is 43.2 Å². The van der Waals surface area contributed by atoms with Gasteiger partial charge in [0.25, 0.3) is 5.91 Å². The van der Waals surface area contributed by atoms with E-state index in [0.717, 1.165) is 59.0 Å². The number of rotatable bonds is 5. The molecule has 28 heavy (non-hydrogen) atoms. The summed E-state index contributed by atoms with van der Waals surface area (Å²) in [6, 6.07) is 13.9. The van der Waals surface area contributed by atoms with Gasteiger partial charge in [-0.2, -0.15) is 0 Å². The summed E-state index contributed by atoms with van der Waals surface area (Å²) in [7, 11) is 0. The zero-order valence-corrected chi connectivity index (χ0v) is 18.2. The number of piperazine rings is 1. The van der Waals surface area contributed by atoms with Crippen LogP contribution in [0.25, 0.3) is 10.2 Å². The monoisotopic (exact) mass is 458 g/mol. The fraction of sp³-hybridized carbons (Fsp3) is 0.333. The van der Waals surface area contributed by atoms with Crippen LogP contribution in [-0.2, 0) is 0 Å². The first kappa shape index (κ1) is 19.4. The first-order chi connectivity index (χ1) is 13.6. The van der Waals surface area contributed by atoms with Gasteiger partial charge in [0, 0.05) is 49.3 Å². The number of aryl methyl sites for hydroxylation is 1. The van der Waals surface area contributed by atoms with Gasteiger partial charge in [-0.05, 0) is 37.3 Å². The van der Waals surface area contributed by atoms with Crippen LogP contribution in [0.4, 0.5) is 5.13 Å². The Labute approximate surface area is 177 Å². The molecular formula is C21H23BrN4OS. The second-order valence-corrected chi connectivity index (χ2v) is 8.99. The van der Waals surface area contributed by atoms with Crippen LogP contribution in [0.3, 0.4) is 0 Å². The van der Waals surface area contributed by atoms with Gasteiger partial charge in [0.05, 0.1) is 10.2 Å².